The third-order valence-corrected chi connectivity index (χ3v) is 3.37. The molecule has 4 heteroatoms. The van der Waals surface area contributed by atoms with Crippen molar-refractivity contribution in [1.82, 2.24) is 4.98 Å². The lowest BCUT2D eigenvalue weighted by atomic mass is 10.2. The second kappa shape index (κ2) is 5.05. The van der Waals surface area contributed by atoms with Crippen LogP contribution in [-0.2, 0) is 6.54 Å². The Hall–Kier alpha value is -1.81. The standard InChI is InChI=1S/C15H13BrN2O/c1-10-18-14-8-13(5-6-15(14)19-10)17-9-11-3-2-4-12(16)7-11/h2-8,17H,9H2,1H3. The molecule has 0 atom stereocenters. The van der Waals surface area contributed by atoms with E-state index in [0.29, 0.717) is 5.89 Å². The molecule has 2 aromatic carbocycles. The van der Waals surface area contributed by atoms with Crippen LogP contribution in [0.3, 0.4) is 0 Å². The highest BCUT2D eigenvalue weighted by molar-refractivity contribution is 9.10. The lowest BCUT2D eigenvalue weighted by Gasteiger charge is -2.06. The zero-order valence-electron chi connectivity index (χ0n) is 10.5. The molecule has 0 unspecified atom stereocenters. The van der Waals surface area contributed by atoms with Gasteiger partial charge in [0.2, 0.25) is 0 Å². The van der Waals surface area contributed by atoms with Gasteiger partial charge in [0.15, 0.2) is 11.5 Å². The molecule has 0 aliphatic heterocycles. The van der Waals surface area contributed by atoms with Crippen molar-refractivity contribution in [1.29, 1.82) is 0 Å². The number of hydrogen-bond acceptors (Lipinski definition) is 3. The van der Waals surface area contributed by atoms with Gasteiger partial charge in [-0.05, 0) is 35.9 Å². The molecule has 0 amide bonds. The summed E-state index contributed by atoms with van der Waals surface area (Å²) in [4.78, 5) is 4.33. The van der Waals surface area contributed by atoms with Gasteiger partial charge in [-0.1, -0.05) is 28.1 Å². The number of anilines is 1. The van der Waals surface area contributed by atoms with Crippen LogP contribution in [0.5, 0.6) is 0 Å². The summed E-state index contributed by atoms with van der Waals surface area (Å²) in [6.07, 6.45) is 0. The van der Waals surface area contributed by atoms with Gasteiger partial charge in [0.25, 0.3) is 0 Å². The molecule has 1 heterocycles. The number of nitrogens with one attached hydrogen (secondary N) is 1. The van der Waals surface area contributed by atoms with Crippen LogP contribution < -0.4 is 5.32 Å². The molecule has 0 aliphatic rings. The van der Waals surface area contributed by atoms with Gasteiger partial charge >= 0.3 is 0 Å². The Balaban J connectivity index is 1.78. The number of hydrogen-bond donors (Lipinski definition) is 1. The first-order valence-corrected chi connectivity index (χ1v) is 6.85. The molecule has 1 N–H and O–H groups in total. The van der Waals surface area contributed by atoms with Gasteiger partial charge in [0.05, 0.1) is 0 Å². The number of nitrogens with zero attached hydrogens (tertiary/aromatic N) is 1. The number of halogens is 1. The highest BCUT2D eigenvalue weighted by Crippen LogP contribution is 2.20. The highest BCUT2D eigenvalue weighted by Gasteiger charge is 2.03. The quantitative estimate of drug-likeness (QED) is 0.772. The molecule has 3 aromatic rings. The van der Waals surface area contributed by atoms with E-state index in [9.17, 15) is 0 Å². The van der Waals surface area contributed by atoms with Crippen molar-refractivity contribution < 1.29 is 4.42 Å². The van der Waals surface area contributed by atoms with Crippen molar-refractivity contribution in [3.63, 3.8) is 0 Å². The van der Waals surface area contributed by atoms with Gasteiger partial charge in [-0.25, -0.2) is 4.98 Å². The molecule has 0 aliphatic carbocycles. The van der Waals surface area contributed by atoms with Gasteiger partial charge < -0.3 is 9.73 Å². The second-order valence-electron chi connectivity index (χ2n) is 4.40. The van der Waals surface area contributed by atoms with Crippen molar-refractivity contribution in [3.8, 4) is 0 Å². The van der Waals surface area contributed by atoms with E-state index in [4.69, 9.17) is 4.42 Å². The third-order valence-electron chi connectivity index (χ3n) is 2.88. The maximum atomic E-state index is 5.46. The Labute approximate surface area is 119 Å². The predicted octanol–water partition coefficient (Wildman–Crippen LogP) is 4.51. The molecule has 96 valence electrons. The fourth-order valence-electron chi connectivity index (χ4n) is 2.00. The number of fused-ring (bicyclic) bond motifs is 1. The zero-order chi connectivity index (χ0) is 13.2. The molecule has 0 bridgehead atoms. The number of benzene rings is 2. The molecule has 0 saturated heterocycles. The molecule has 3 rings (SSSR count). The summed E-state index contributed by atoms with van der Waals surface area (Å²) in [5, 5.41) is 3.39. The van der Waals surface area contributed by atoms with Crippen molar-refractivity contribution in [2.45, 2.75) is 13.5 Å². The summed E-state index contributed by atoms with van der Waals surface area (Å²) in [5.41, 5.74) is 3.98. The van der Waals surface area contributed by atoms with Crippen molar-refractivity contribution >= 4 is 32.7 Å². The molecular formula is C15H13BrN2O. The smallest absolute Gasteiger partial charge is 0.192 e. The zero-order valence-corrected chi connectivity index (χ0v) is 12.1. The van der Waals surface area contributed by atoms with E-state index in [-0.39, 0.29) is 0 Å². The first kappa shape index (κ1) is 12.2. The van der Waals surface area contributed by atoms with Crippen LogP contribution in [-0.4, -0.2) is 4.98 Å². The lowest BCUT2D eigenvalue weighted by Crippen LogP contribution is -1.98. The maximum Gasteiger partial charge on any atom is 0.192 e. The van der Waals surface area contributed by atoms with E-state index in [2.05, 4.69) is 38.4 Å². The molecule has 3 nitrogen and oxygen atoms in total. The van der Waals surface area contributed by atoms with Crippen molar-refractivity contribution in [2.75, 3.05) is 5.32 Å². The second-order valence-corrected chi connectivity index (χ2v) is 5.31. The molecule has 0 fully saturated rings. The average Bonchev–Trinajstić information content (AvgIpc) is 2.75. The number of aryl methyl sites for hydroxylation is 1. The van der Waals surface area contributed by atoms with Crippen LogP contribution >= 0.6 is 15.9 Å². The molecule has 0 saturated carbocycles. The average molecular weight is 317 g/mol. The first-order chi connectivity index (χ1) is 9.20. The van der Waals surface area contributed by atoms with Crippen LogP contribution in [0, 0.1) is 6.92 Å². The largest absolute Gasteiger partial charge is 0.441 e. The fraction of sp³-hybridized carbons (Fsp3) is 0.133. The summed E-state index contributed by atoms with van der Waals surface area (Å²) < 4.78 is 6.55. The minimum atomic E-state index is 0.694. The van der Waals surface area contributed by atoms with Gasteiger partial charge in [-0.3, -0.25) is 0 Å². The molecule has 0 radical (unpaired) electrons. The minimum absolute atomic E-state index is 0.694. The Morgan fingerprint density at radius 2 is 2.11 bits per heavy atom. The Morgan fingerprint density at radius 1 is 1.21 bits per heavy atom. The van der Waals surface area contributed by atoms with E-state index >= 15 is 0 Å². The van der Waals surface area contributed by atoms with Crippen LogP contribution in [0.15, 0.2) is 51.4 Å². The van der Waals surface area contributed by atoms with E-state index < -0.39 is 0 Å². The molecule has 0 spiro atoms. The van der Waals surface area contributed by atoms with Crippen LogP contribution in [0.25, 0.3) is 11.1 Å². The van der Waals surface area contributed by atoms with E-state index in [1.807, 2.05) is 37.3 Å². The normalized spacial score (nSPS) is 10.8. The maximum absolute atomic E-state index is 5.46. The van der Waals surface area contributed by atoms with Crippen LogP contribution in [0.1, 0.15) is 11.5 Å². The first-order valence-electron chi connectivity index (χ1n) is 6.06. The van der Waals surface area contributed by atoms with Gasteiger partial charge in [-0.2, -0.15) is 0 Å². The van der Waals surface area contributed by atoms with Gasteiger partial charge in [0.1, 0.15) is 5.52 Å². The van der Waals surface area contributed by atoms with Gasteiger partial charge in [0, 0.05) is 23.6 Å². The number of aromatic nitrogens is 1. The van der Waals surface area contributed by atoms with Crippen LogP contribution in [0.4, 0.5) is 5.69 Å². The third kappa shape index (κ3) is 2.79. The van der Waals surface area contributed by atoms with E-state index in [1.165, 1.54) is 5.56 Å². The van der Waals surface area contributed by atoms with Crippen molar-refractivity contribution in [2.24, 2.45) is 0 Å². The summed E-state index contributed by atoms with van der Waals surface area (Å²) in [7, 11) is 0. The van der Waals surface area contributed by atoms with Crippen molar-refractivity contribution in [3.05, 3.63) is 58.4 Å². The number of oxazole rings is 1. The van der Waals surface area contributed by atoms with Crippen LogP contribution in [0.2, 0.25) is 0 Å². The topological polar surface area (TPSA) is 38.1 Å². The Bertz CT molecular complexity index is 721. The van der Waals surface area contributed by atoms with E-state index in [1.54, 1.807) is 0 Å². The minimum Gasteiger partial charge on any atom is -0.441 e. The Kier molecular flexibility index (Phi) is 3.25. The fourth-order valence-corrected chi connectivity index (χ4v) is 2.45. The number of rotatable bonds is 3. The summed E-state index contributed by atoms with van der Waals surface area (Å²) in [5.74, 6) is 0.694. The molecular weight excluding hydrogens is 304 g/mol. The van der Waals surface area contributed by atoms with E-state index in [0.717, 1.165) is 27.8 Å². The molecule has 1 aromatic heterocycles. The summed E-state index contributed by atoms with van der Waals surface area (Å²) in [6.45, 7) is 2.64. The lowest BCUT2D eigenvalue weighted by molar-refractivity contribution is 0.561. The summed E-state index contributed by atoms with van der Waals surface area (Å²) >= 11 is 3.47. The highest BCUT2D eigenvalue weighted by atomic mass is 79.9. The molecule has 19 heavy (non-hydrogen) atoms. The predicted molar refractivity (Wildman–Crippen MR) is 80.2 cm³/mol. The SMILES string of the molecule is Cc1nc2cc(NCc3cccc(Br)c3)ccc2o1. The van der Waals surface area contributed by atoms with Gasteiger partial charge in [-0.15, -0.1) is 0 Å². The Morgan fingerprint density at radius 3 is 2.95 bits per heavy atom. The monoisotopic (exact) mass is 316 g/mol. The summed E-state index contributed by atoms with van der Waals surface area (Å²) in [6, 6.07) is 14.2.